The Balaban J connectivity index is 2.53. The minimum atomic E-state index is 0.734. The molecular weight excluding hydrogens is 232 g/mol. The Morgan fingerprint density at radius 1 is 0.882 bits per heavy atom. The van der Waals surface area contributed by atoms with Crippen molar-refractivity contribution >= 4 is 23.0 Å². The van der Waals surface area contributed by atoms with Crippen LogP contribution in [0.3, 0.4) is 0 Å². The second-order valence-electron chi connectivity index (χ2n) is 3.74. The average Bonchev–Trinajstić information content (AvgIpc) is 2.39. The van der Waals surface area contributed by atoms with Gasteiger partial charge in [-0.3, -0.25) is 0 Å². The van der Waals surface area contributed by atoms with Crippen LogP contribution in [0.5, 0.6) is 0 Å². The van der Waals surface area contributed by atoms with Crippen LogP contribution in [0.25, 0.3) is 11.1 Å². The highest BCUT2D eigenvalue weighted by molar-refractivity contribution is 6.33. The van der Waals surface area contributed by atoms with Gasteiger partial charge in [-0.1, -0.05) is 35.9 Å². The second kappa shape index (κ2) is 5.11. The van der Waals surface area contributed by atoms with Gasteiger partial charge in [0, 0.05) is 25.3 Å². The van der Waals surface area contributed by atoms with E-state index < -0.39 is 0 Å². The molecule has 3 heteroatoms. The van der Waals surface area contributed by atoms with Gasteiger partial charge in [-0.15, -0.1) is 0 Å². The van der Waals surface area contributed by atoms with E-state index in [0.717, 1.165) is 22.0 Å². The lowest BCUT2D eigenvalue weighted by Crippen LogP contribution is -1.93. The summed E-state index contributed by atoms with van der Waals surface area (Å²) >= 11 is 6.08. The molecule has 0 aliphatic heterocycles. The number of para-hydroxylation sites is 1. The monoisotopic (exact) mass is 246 g/mol. The molecule has 0 saturated heterocycles. The van der Waals surface area contributed by atoms with Crippen LogP contribution >= 0.6 is 11.6 Å². The molecule has 2 N–H and O–H groups in total. The van der Waals surface area contributed by atoms with E-state index in [1.165, 1.54) is 5.56 Å². The van der Waals surface area contributed by atoms with Crippen LogP contribution < -0.4 is 10.6 Å². The van der Waals surface area contributed by atoms with E-state index in [-0.39, 0.29) is 0 Å². The molecule has 0 aliphatic carbocycles. The van der Waals surface area contributed by atoms with Crippen LogP contribution in [0.1, 0.15) is 0 Å². The smallest absolute Gasteiger partial charge is 0.0637 e. The van der Waals surface area contributed by atoms with Gasteiger partial charge in [0.05, 0.1) is 10.7 Å². The summed E-state index contributed by atoms with van der Waals surface area (Å²) in [5, 5.41) is 7.02. The molecule has 2 aromatic carbocycles. The minimum absolute atomic E-state index is 0.734. The van der Waals surface area contributed by atoms with Gasteiger partial charge in [0.25, 0.3) is 0 Å². The van der Waals surface area contributed by atoms with Crippen molar-refractivity contribution in [3.63, 3.8) is 0 Å². The summed E-state index contributed by atoms with van der Waals surface area (Å²) in [6, 6.07) is 14.2. The molecule has 17 heavy (non-hydrogen) atoms. The van der Waals surface area contributed by atoms with E-state index in [0.29, 0.717) is 0 Å². The first kappa shape index (κ1) is 11.8. The fourth-order valence-corrected chi connectivity index (χ4v) is 2.05. The molecule has 0 unspecified atom stereocenters. The van der Waals surface area contributed by atoms with Gasteiger partial charge in [-0.05, 0) is 23.8 Å². The molecule has 0 amide bonds. The van der Waals surface area contributed by atoms with Gasteiger partial charge in [-0.25, -0.2) is 0 Å². The summed E-state index contributed by atoms with van der Waals surface area (Å²) in [4.78, 5) is 0. The molecule has 0 spiro atoms. The molecule has 0 saturated carbocycles. The van der Waals surface area contributed by atoms with E-state index in [1.807, 2.05) is 38.4 Å². The Morgan fingerprint density at radius 2 is 1.59 bits per heavy atom. The summed E-state index contributed by atoms with van der Waals surface area (Å²) in [5.41, 5.74) is 4.36. The Labute approximate surface area is 107 Å². The predicted octanol–water partition coefficient (Wildman–Crippen LogP) is 4.09. The van der Waals surface area contributed by atoms with E-state index in [1.54, 1.807) is 0 Å². The van der Waals surface area contributed by atoms with E-state index in [4.69, 9.17) is 11.6 Å². The number of nitrogens with one attached hydrogen (secondary N) is 2. The molecule has 0 heterocycles. The maximum Gasteiger partial charge on any atom is 0.0637 e. The maximum atomic E-state index is 6.08. The van der Waals surface area contributed by atoms with Crippen molar-refractivity contribution in [3.05, 3.63) is 47.5 Å². The third kappa shape index (κ3) is 2.37. The Morgan fingerprint density at radius 3 is 2.29 bits per heavy atom. The Bertz CT molecular complexity index is 523. The maximum absolute atomic E-state index is 6.08. The normalized spacial score (nSPS) is 10.1. The predicted molar refractivity (Wildman–Crippen MR) is 76.0 cm³/mol. The molecule has 0 aromatic heterocycles. The highest BCUT2D eigenvalue weighted by atomic mass is 35.5. The van der Waals surface area contributed by atoms with Crippen molar-refractivity contribution in [2.24, 2.45) is 0 Å². The molecule has 0 aliphatic rings. The van der Waals surface area contributed by atoms with Crippen LogP contribution in [-0.2, 0) is 0 Å². The topological polar surface area (TPSA) is 24.1 Å². The van der Waals surface area contributed by atoms with Crippen molar-refractivity contribution in [3.8, 4) is 11.1 Å². The number of hydrogen-bond acceptors (Lipinski definition) is 2. The summed E-state index contributed by atoms with van der Waals surface area (Å²) in [5.74, 6) is 0. The first-order valence-electron chi connectivity index (χ1n) is 5.50. The van der Waals surface area contributed by atoms with Gasteiger partial charge in [0.15, 0.2) is 0 Å². The zero-order valence-electron chi connectivity index (χ0n) is 9.92. The largest absolute Gasteiger partial charge is 0.388 e. The SMILES string of the molecule is CNc1cc(-c2ccccc2NC)ccc1Cl. The van der Waals surface area contributed by atoms with Crippen LogP contribution in [0.4, 0.5) is 11.4 Å². The summed E-state index contributed by atoms with van der Waals surface area (Å²) in [6.07, 6.45) is 0. The first-order valence-corrected chi connectivity index (χ1v) is 5.88. The fourth-order valence-electron chi connectivity index (χ4n) is 1.84. The number of benzene rings is 2. The van der Waals surface area contributed by atoms with Gasteiger partial charge in [0.2, 0.25) is 0 Å². The third-order valence-electron chi connectivity index (χ3n) is 2.74. The van der Waals surface area contributed by atoms with Crippen LogP contribution in [0, 0.1) is 0 Å². The van der Waals surface area contributed by atoms with Gasteiger partial charge < -0.3 is 10.6 Å². The fraction of sp³-hybridized carbons (Fsp3) is 0.143. The van der Waals surface area contributed by atoms with E-state index in [9.17, 15) is 0 Å². The third-order valence-corrected chi connectivity index (χ3v) is 3.07. The van der Waals surface area contributed by atoms with Gasteiger partial charge in [-0.2, -0.15) is 0 Å². The number of anilines is 2. The quantitative estimate of drug-likeness (QED) is 0.852. The average molecular weight is 247 g/mol. The molecule has 0 fully saturated rings. The number of halogens is 1. The van der Waals surface area contributed by atoms with Gasteiger partial charge in [0.1, 0.15) is 0 Å². The van der Waals surface area contributed by atoms with Crippen LogP contribution in [0.15, 0.2) is 42.5 Å². The molecule has 2 nitrogen and oxygen atoms in total. The van der Waals surface area contributed by atoms with Crippen molar-refractivity contribution in [1.29, 1.82) is 0 Å². The molecule has 0 atom stereocenters. The van der Waals surface area contributed by atoms with Gasteiger partial charge >= 0.3 is 0 Å². The zero-order valence-corrected chi connectivity index (χ0v) is 10.7. The highest BCUT2D eigenvalue weighted by Crippen LogP contribution is 2.32. The lowest BCUT2D eigenvalue weighted by atomic mass is 10.0. The Hall–Kier alpha value is -1.67. The van der Waals surface area contributed by atoms with Crippen LogP contribution in [-0.4, -0.2) is 14.1 Å². The minimum Gasteiger partial charge on any atom is -0.388 e. The molecule has 0 bridgehead atoms. The van der Waals surface area contributed by atoms with Crippen molar-refractivity contribution < 1.29 is 0 Å². The Kier molecular flexibility index (Phi) is 3.55. The molecule has 2 rings (SSSR count). The zero-order chi connectivity index (χ0) is 12.3. The number of rotatable bonds is 3. The number of hydrogen-bond donors (Lipinski definition) is 2. The van der Waals surface area contributed by atoms with Crippen molar-refractivity contribution in [2.75, 3.05) is 24.7 Å². The second-order valence-corrected chi connectivity index (χ2v) is 4.15. The summed E-state index contributed by atoms with van der Waals surface area (Å²) < 4.78 is 0. The lowest BCUT2D eigenvalue weighted by molar-refractivity contribution is 1.48. The molecule has 0 radical (unpaired) electrons. The molecule has 88 valence electrons. The standard InChI is InChI=1S/C14H15ClN2/c1-16-13-6-4-3-5-11(13)10-7-8-12(15)14(9-10)17-2/h3-9,16-17H,1-2H3. The highest BCUT2D eigenvalue weighted by Gasteiger charge is 2.05. The molecular formula is C14H15ClN2. The van der Waals surface area contributed by atoms with E-state index in [2.05, 4.69) is 28.8 Å². The van der Waals surface area contributed by atoms with Crippen LogP contribution in [0.2, 0.25) is 5.02 Å². The summed E-state index contributed by atoms with van der Waals surface area (Å²) in [6.45, 7) is 0. The first-order chi connectivity index (χ1) is 8.26. The lowest BCUT2D eigenvalue weighted by Gasteiger charge is -2.11. The molecule has 2 aromatic rings. The summed E-state index contributed by atoms with van der Waals surface area (Å²) in [7, 11) is 3.79. The van der Waals surface area contributed by atoms with E-state index >= 15 is 0 Å². The van der Waals surface area contributed by atoms with Crippen molar-refractivity contribution in [2.45, 2.75) is 0 Å². The van der Waals surface area contributed by atoms with Crippen molar-refractivity contribution in [1.82, 2.24) is 0 Å².